The second-order valence-electron chi connectivity index (χ2n) is 7.73. The molecule has 2 amide bonds. The first-order chi connectivity index (χ1) is 12.8. The van der Waals surface area contributed by atoms with Crippen molar-refractivity contribution in [2.24, 2.45) is 0 Å². The molecule has 2 aromatic carbocycles. The molecule has 0 aromatic heterocycles. The maximum absolute atomic E-state index is 12.9. The zero-order chi connectivity index (χ0) is 19.4. The lowest BCUT2D eigenvalue weighted by atomic mass is 10.0. The van der Waals surface area contributed by atoms with Crippen molar-refractivity contribution in [2.75, 3.05) is 11.9 Å². The smallest absolute Gasteiger partial charge is 0.410 e. The number of hydrogen-bond donors (Lipinski definition) is 1. The van der Waals surface area contributed by atoms with Crippen LogP contribution in [-0.4, -0.2) is 35.1 Å². The summed E-state index contributed by atoms with van der Waals surface area (Å²) >= 11 is 0. The van der Waals surface area contributed by atoms with Gasteiger partial charge in [0.2, 0.25) is 5.91 Å². The molecule has 2 aromatic rings. The van der Waals surface area contributed by atoms with E-state index in [-0.39, 0.29) is 5.91 Å². The van der Waals surface area contributed by atoms with Gasteiger partial charge in [-0.05, 0) is 45.2 Å². The fourth-order valence-corrected chi connectivity index (χ4v) is 3.26. The predicted octanol–water partition coefficient (Wildman–Crippen LogP) is 4.69. The maximum atomic E-state index is 12.9. The number of carbonyl (C=O) groups excluding carboxylic acids is 2. The number of carbonyl (C=O) groups is 2. The Bertz CT molecular complexity index is 812. The molecule has 1 aliphatic heterocycles. The third-order valence-corrected chi connectivity index (χ3v) is 4.45. The van der Waals surface area contributed by atoms with Crippen molar-refractivity contribution in [1.29, 1.82) is 0 Å². The van der Waals surface area contributed by atoms with Crippen molar-refractivity contribution >= 4 is 17.7 Å². The predicted molar refractivity (Wildman–Crippen MR) is 106 cm³/mol. The highest BCUT2D eigenvalue weighted by Crippen LogP contribution is 2.29. The average Bonchev–Trinajstić information content (AvgIpc) is 3.12. The summed E-state index contributed by atoms with van der Waals surface area (Å²) in [4.78, 5) is 26.9. The number of nitrogens with zero attached hydrogens (tertiary/aromatic N) is 1. The van der Waals surface area contributed by atoms with E-state index >= 15 is 0 Å². The van der Waals surface area contributed by atoms with Crippen molar-refractivity contribution in [3.63, 3.8) is 0 Å². The van der Waals surface area contributed by atoms with Crippen LogP contribution in [-0.2, 0) is 9.53 Å². The van der Waals surface area contributed by atoms with E-state index in [9.17, 15) is 9.59 Å². The summed E-state index contributed by atoms with van der Waals surface area (Å²) in [5.74, 6) is -0.179. The van der Waals surface area contributed by atoms with Gasteiger partial charge >= 0.3 is 6.09 Å². The van der Waals surface area contributed by atoms with Crippen LogP contribution in [0.5, 0.6) is 0 Å². The Hall–Kier alpha value is -2.82. The Morgan fingerprint density at radius 3 is 2.41 bits per heavy atom. The van der Waals surface area contributed by atoms with E-state index < -0.39 is 17.7 Å². The minimum atomic E-state index is -0.583. The summed E-state index contributed by atoms with van der Waals surface area (Å²) in [6, 6.07) is 17.1. The molecule has 1 N–H and O–H groups in total. The van der Waals surface area contributed by atoms with Crippen LogP contribution in [0, 0.1) is 0 Å². The van der Waals surface area contributed by atoms with Gasteiger partial charge in [-0.3, -0.25) is 9.69 Å². The number of ether oxygens (including phenoxy) is 1. The van der Waals surface area contributed by atoms with Crippen LogP contribution < -0.4 is 5.32 Å². The first-order valence-corrected chi connectivity index (χ1v) is 9.30. The quantitative estimate of drug-likeness (QED) is 0.857. The van der Waals surface area contributed by atoms with Crippen LogP contribution in [0.15, 0.2) is 54.6 Å². The first-order valence-electron chi connectivity index (χ1n) is 9.30. The Morgan fingerprint density at radius 1 is 1.04 bits per heavy atom. The number of rotatable bonds is 3. The Morgan fingerprint density at radius 2 is 1.70 bits per heavy atom. The lowest BCUT2D eigenvalue weighted by molar-refractivity contribution is -0.120. The molecule has 5 nitrogen and oxygen atoms in total. The molecule has 0 saturated carbocycles. The molecule has 0 spiro atoms. The van der Waals surface area contributed by atoms with Crippen LogP contribution in [0.1, 0.15) is 33.6 Å². The number of hydrogen-bond acceptors (Lipinski definition) is 3. The monoisotopic (exact) mass is 366 g/mol. The van der Waals surface area contributed by atoms with Gasteiger partial charge in [-0.15, -0.1) is 0 Å². The third-order valence-electron chi connectivity index (χ3n) is 4.45. The van der Waals surface area contributed by atoms with Gasteiger partial charge in [0.1, 0.15) is 11.6 Å². The summed E-state index contributed by atoms with van der Waals surface area (Å²) < 4.78 is 5.45. The summed E-state index contributed by atoms with van der Waals surface area (Å²) in [5.41, 5.74) is 2.14. The van der Waals surface area contributed by atoms with Gasteiger partial charge in [0.15, 0.2) is 0 Å². The topological polar surface area (TPSA) is 58.6 Å². The molecular formula is C22H26N2O3. The number of amides is 2. The molecule has 1 aliphatic rings. The first kappa shape index (κ1) is 19.0. The number of likely N-dealkylation sites (tertiary alicyclic amines) is 1. The van der Waals surface area contributed by atoms with Crippen LogP contribution in [0.3, 0.4) is 0 Å². The zero-order valence-electron chi connectivity index (χ0n) is 16.1. The zero-order valence-corrected chi connectivity index (χ0v) is 16.1. The van der Waals surface area contributed by atoms with Crippen LogP contribution >= 0.6 is 0 Å². The Kier molecular flexibility index (Phi) is 5.49. The number of benzene rings is 2. The number of para-hydroxylation sites is 1. The van der Waals surface area contributed by atoms with Gasteiger partial charge in [0, 0.05) is 17.8 Å². The molecule has 142 valence electrons. The third kappa shape index (κ3) is 4.67. The largest absolute Gasteiger partial charge is 0.444 e. The molecule has 3 rings (SSSR count). The molecule has 0 aliphatic carbocycles. The SMILES string of the molecule is CC(C)(C)OC(=O)N1CCCC1C(=O)Nc1ccccc1-c1ccccc1. The van der Waals surface area contributed by atoms with Gasteiger partial charge in [0.25, 0.3) is 0 Å². The summed E-state index contributed by atoms with van der Waals surface area (Å²) in [5, 5.41) is 3.01. The highest BCUT2D eigenvalue weighted by atomic mass is 16.6. The van der Waals surface area contributed by atoms with Crippen LogP contribution in [0.2, 0.25) is 0 Å². The number of anilines is 1. The molecule has 1 unspecified atom stereocenters. The van der Waals surface area contributed by atoms with Gasteiger partial charge in [-0.2, -0.15) is 0 Å². The lowest BCUT2D eigenvalue weighted by Gasteiger charge is -2.28. The second kappa shape index (κ2) is 7.82. The van der Waals surface area contributed by atoms with Gasteiger partial charge in [-0.25, -0.2) is 4.79 Å². The normalized spacial score (nSPS) is 16.9. The average molecular weight is 366 g/mol. The van der Waals surface area contributed by atoms with E-state index in [4.69, 9.17) is 4.74 Å². The van der Waals surface area contributed by atoms with Crippen LogP contribution in [0.25, 0.3) is 11.1 Å². The molecule has 5 heteroatoms. The van der Waals surface area contributed by atoms with Crippen molar-refractivity contribution in [2.45, 2.75) is 45.3 Å². The van der Waals surface area contributed by atoms with Crippen molar-refractivity contribution in [3.05, 3.63) is 54.6 Å². The van der Waals surface area contributed by atoms with E-state index in [0.717, 1.165) is 23.2 Å². The van der Waals surface area contributed by atoms with E-state index in [2.05, 4.69) is 5.32 Å². The summed E-state index contributed by atoms with van der Waals surface area (Å²) in [7, 11) is 0. The lowest BCUT2D eigenvalue weighted by Crippen LogP contribution is -2.45. The van der Waals surface area contributed by atoms with Gasteiger partial charge in [0.05, 0.1) is 0 Å². The molecule has 0 radical (unpaired) electrons. The van der Waals surface area contributed by atoms with Crippen LogP contribution in [0.4, 0.5) is 10.5 Å². The van der Waals surface area contributed by atoms with Gasteiger partial charge in [-0.1, -0.05) is 48.5 Å². The van der Waals surface area contributed by atoms with Crippen molar-refractivity contribution in [3.8, 4) is 11.1 Å². The highest BCUT2D eigenvalue weighted by molar-refractivity contribution is 6.00. The summed E-state index contributed by atoms with van der Waals surface area (Å²) in [6.07, 6.45) is 0.993. The number of nitrogens with one attached hydrogen (secondary N) is 1. The van der Waals surface area contributed by atoms with Gasteiger partial charge < -0.3 is 10.1 Å². The Labute approximate surface area is 160 Å². The minimum absolute atomic E-state index is 0.179. The molecule has 27 heavy (non-hydrogen) atoms. The molecule has 1 heterocycles. The van der Waals surface area contributed by atoms with Crippen molar-refractivity contribution in [1.82, 2.24) is 4.90 Å². The second-order valence-corrected chi connectivity index (χ2v) is 7.73. The minimum Gasteiger partial charge on any atom is -0.444 e. The van der Waals surface area contributed by atoms with E-state index in [1.165, 1.54) is 4.90 Å². The molecule has 1 fully saturated rings. The van der Waals surface area contributed by atoms with Crippen molar-refractivity contribution < 1.29 is 14.3 Å². The maximum Gasteiger partial charge on any atom is 0.410 e. The standard InChI is InChI=1S/C22H26N2O3/c1-22(2,3)27-21(26)24-15-9-14-19(24)20(25)23-18-13-8-7-12-17(18)16-10-5-4-6-11-16/h4-8,10-13,19H,9,14-15H2,1-3H3,(H,23,25). The molecule has 1 saturated heterocycles. The molecular weight excluding hydrogens is 340 g/mol. The molecule has 1 atom stereocenters. The van der Waals surface area contributed by atoms with E-state index in [1.807, 2.05) is 75.4 Å². The fourth-order valence-electron chi connectivity index (χ4n) is 3.26. The van der Waals surface area contributed by atoms with E-state index in [0.29, 0.717) is 13.0 Å². The highest BCUT2D eigenvalue weighted by Gasteiger charge is 2.36. The fraction of sp³-hybridized carbons (Fsp3) is 0.364. The molecule has 0 bridgehead atoms. The summed E-state index contributed by atoms with van der Waals surface area (Å²) in [6.45, 7) is 6.01. The van der Waals surface area contributed by atoms with E-state index in [1.54, 1.807) is 0 Å². The Balaban J connectivity index is 1.77.